The Morgan fingerprint density at radius 1 is 1.35 bits per heavy atom. The summed E-state index contributed by atoms with van der Waals surface area (Å²) in [5, 5.41) is 2.99. The Morgan fingerprint density at radius 2 is 2.12 bits per heavy atom. The van der Waals surface area contributed by atoms with Gasteiger partial charge in [0.25, 0.3) is 0 Å². The fourth-order valence-corrected chi connectivity index (χ4v) is 1.57. The first-order valence-electron chi connectivity index (χ1n) is 5.59. The molecule has 6 heteroatoms. The van der Waals surface area contributed by atoms with Crippen molar-refractivity contribution in [1.29, 1.82) is 0 Å². The molecule has 0 bridgehead atoms. The molecule has 0 spiro atoms. The fourth-order valence-electron chi connectivity index (χ4n) is 1.57. The summed E-state index contributed by atoms with van der Waals surface area (Å²) in [5.74, 6) is 2.13. The molecule has 0 aliphatic rings. The fraction of sp³-hybridized carbons (Fsp3) is 0.636. The number of hydrogen-bond acceptors (Lipinski definition) is 6. The Labute approximate surface area is 102 Å². The Bertz CT molecular complexity index is 346. The standard InChI is InChI=1S/C11H20N4O2/c1-5-15(6-7-16-3)11-9(17-4)10(12-2)13-8-14-11/h8H,5-7H2,1-4H3,(H,12,13,14). The summed E-state index contributed by atoms with van der Waals surface area (Å²) >= 11 is 0. The first-order valence-corrected chi connectivity index (χ1v) is 5.59. The van der Waals surface area contributed by atoms with E-state index in [1.54, 1.807) is 21.3 Å². The van der Waals surface area contributed by atoms with Crippen molar-refractivity contribution in [3.05, 3.63) is 6.33 Å². The third kappa shape index (κ3) is 3.20. The van der Waals surface area contributed by atoms with Gasteiger partial charge in [0.15, 0.2) is 11.6 Å². The molecule has 96 valence electrons. The number of nitrogens with zero attached hydrogens (tertiary/aromatic N) is 3. The molecule has 1 heterocycles. The topological polar surface area (TPSA) is 59.5 Å². The quantitative estimate of drug-likeness (QED) is 0.767. The van der Waals surface area contributed by atoms with Crippen molar-refractivity contribution >= 4 is 11.6 Å². The van der Waals surface area contributed by atoms with Gasteiger partial charge in [-0.15, -0.1) is 0 Å². The van der Waals surface area contributed by atoms with Crippen LogP contribution in [0.3, 0.4) is 0 Å². The zero-order valence-corrected chi connectivity index (χ0v) is 10.9. The molecule has 0 unspecified atom stereocenters. The third-order valence-corrected chi connectivity index (χ3v) is 2.47. The van der Waals surface area contributed by atoms with Gasteiger partial charge in [-0.25, -0.2) is 9.97 Å². The van der Waals surface area contributed by atoms with Gasteiger partial charge in [0.05, 0.1) is 13.7 Å². The van der Waals surface area contributed by atoms with Gasteiger partial charge >= 0.3 is 0 Å². The Morgan fingerprint density at radius 3 is 2.65 bits per heavy atom. The van der Waals surface area contributed by atoms with E-state index in [1.165, 1.54) is 6.33 Å². The second-order valence-electron chi connectivity index (χ2n) is 3.40. The predicted molar refractivity (Wildman–Crippen MR) is 67.9 cm³/mol. The maximum absolute atomic E-state index is 5.36. The minimum Gasteiger partial charge on any atom is -0.490 e. The number of aromatic nitrogens is 2. The van der Waals surface area contributed by atoms with Crippen LogP contribution in [0.15, 0.2) is 6.33 Å². The Balaban J connectivity index is 3.00. The van der Waals surface area contributed by atoms with E-state index in [1.807, 2.05) is 0 Å². The van der Waals surface area contributed by atoms with Gasteiger partial charge in [0, 0.05) is 27.2 Å². The molecule has 0 aliphatic carbocycles. The molecule has 0 aromatic carbocycles. The van der Waals surface area contributed by atoms with Crippen molar-refractivity contribution in [2.75, 3.05) is 51.2 Å². The number of rotatable bonds is 7. The van der Waals surface area contributed by atoms with Gasteiger partial charge in [-0.2, -0.15) is 0 Å². The zero-order valence-electron chi connectivity index (χ0n) is 10.9. The number of nitrogens with one attached hydrogen (secondary N) is 1. The summed E-state index contributed by atoms with van der Waals surface area (Å²) in [7, 11) is 5.11. The lowest BCUT2D eigenvalue weighted by atomic mass is 10.4. The summed E-state index contributed by atoms with van der Waals surface area (Å²) in [5.41, 5.74) is 0. The number of methoxy groups -OCH3 is 2. The van der Waals surface area contributed by atoms with E-state index in [0.29, 0.717) is 18.2 Å². The van der Waals surface area contributed by atoms with Gasteiger partial charge in [-0.05, 0) is 6.92 Å². The van der Waals surface area contributed by atoms with Gasteiger partial charge in [0.1, 0.15) is 6.33 Å². The van der Waals surface area contributed by atoms with Crippen LogP contribution >= 0.6 is 0 Å². The maximum Gasteiger partial charge on any atom is 0.204 e. The van der Waals surface area contributed by atoms with Crippen LogP contribution in [0.5, 0.6) is 5.75 Å². The van der Waals surface area contributed by atoms with Crippen molar-refractivity contribution in [3.63, 3.8) is 0 Å². The summed E-state index contributed by atoms with van der Waals surface area (Å²) in [4.78, 5) is 10.5. The number of hydrogen-bond donors (Lipinski definition) is 1. The molecule has 1 aromatic rings. The molecule has 17 heavy (non-hydrogen) atoms. The van der Waals surface area contributed by atoms with Crippen molar-refractivity contribution in [3.8, 4) is 5.75 Å². The highest BCUT2D eigenvalue weighted by Crippen LogP contribution is 2.31. The van der Waals surface area contributed by atoms with Crippen molar-refractivity contribution < 1.29 is 9.47 Å². The van der Waals surface area contributed by atoms with Crippen molar-refractivity contribution in [2.24, 2.45) is 0 Å². The van der Waals surface area contributed by atoms with Crippen LogP contribution in [0.4, 0.5) is 11.6 Å². The molecule has 0 radical (unpaired) electrons. The summed E-state index contributed by atoms with van der Waals surface area (Å²) in [6.45, 7) is 4.32. The van der Waals surface area contributed by atoms with Gasteiger partial charge in [0.2, 0.25) is 5.75 Å². The van der Waals surface area contributed by atoms with Crippen LogP contribution in [0.2, 0.25) is 0 Å². The summed E-state index contributed by atoms with van der Waals surface area (Å²) in [6, 6.07) is 0. The SMILES string of the molecule is CCN(CCOC)c1ncnc(NC)c1OC. The predicted octanol–water partition coefficient (Wildman–Crippen LogP) is 1.000. The second kappa shape index (κ2) is 6.90. The molecule has 0 saturated carbocycles. The zero-order chi connectivity index (χ0) is 12.7. The second-order valence-corrected chi connectivity index (χ2v) is 3.40. The monoisotopic (exact) mass is 240 g/mol. The summed E-state index contributed by atoms with van der Waals surface area (Å²) < 4.78 is 10.4. The van der Waals surface area contributed by atoms with Gasteiger partial charge in [-0.1, -0.05) is 0 Å². The first kappa shape index (κ1) is 13.5. The Hall–Kier alpha value is -1.56. The van der Waals surface area contributed by atoms with Crippen LogP contribution in [0.25, 0.3) is 0 Å². The minimum absolute atomic E-state index is 0.649. The Kier molecular flexibility index (Phi) is 5.48. The average Bonchev–Trinajstić information content (AvgIpc) is 2.39. The molecule has 1 N–H and O–H groups in total. The number of likely N-dealkylation sites (N-methyl/N-ethyl adjacent to an activating group) is 1. The number of ether oxygens (including phenoxy) is 2. The largest absolute Gasteiger partial charge is 0.490 e. The third-order valence-electron chi connectivity index (χ3n) is 2.47. The molecule has 1 rings (SSSR count). The van der Waals surface area contributed by atoms with E-state index < -0.39 is 0 Å². The average molecular weight is 240 g/mol. The molecular formula is C11H20N4O2. The van der Waals surface area contributed by atoms with Crippen LogP contribution in [0, 0.1) is 0 Å². The van der Waals surface area contributed by atoms with E-state index >= 15 is 0 Å². The molecule has 6 nitrogen and oxygen atoms in total. The minimum atomic E-state index is 0.649. The highest BCUT2D eigenvalue weighted by atomic mass is 16.5. The lowest BCUT2D eigenvalue weighted by Gasteiger charge is -2.23. The smallest absolute Gasteiger partial charge is 0.204 e. The highest BCUT2D eigenvalue weighted by molar-refractivity contribution is 5.64. The van der Waals surface area contributed by atoms with E-state index in [9.17, 15) is 0 Å². The lowest BCUT2D eigenvalue weighted by molar-refractivity contribution is 0.205. The van der Waals surface area contributed by atoms with Crippen LogP contribution in [0.1, 0.15) is 6.92 Å². The van der Waals surface area contributed by atoms with Crippen LogP contribution in [-0.4, -0.2) is 50.9 Å². The van der Waals surface area contributed by atoms with Crippen LogP contribution < -0.4 is 15.0 Å². The normalized spacial score (nSPS) is 10.1. The number of anilines is 2. The molecule has 0 amide bonds. The van der Waals surface area contributed by atoms with E-state index in [-0.39, 0.29) is 0 Å². The molecule has 0 atom stereocenters. The highest BCUT2D eigenvalue weighted by Gasteiger charge is 2.16. The van der Waals surface area contributed by atoms with Crippen LogP contribution in [-0.2, 0) is 4.74 Å². The molecule has 0 aliphatic heterocycles. The van der Waals surface area contributed by atoms with E-state index in [4.69, 9.17) is 9.47 Å². The lowest BCUT2D eigenvalue weighted by Crippen LogP contribution is -2.28. The van der Waals surface area contributed by atoms with Crippen molar-refractivity contribution in [2.45, 2.75) is 6.92 Å². The molecule has 0 saturated heterocycles. The van der Waals surface area contributed by atoms with Crippen molar-refractivity contribution in [1.82, 2.24) is 9.97 Å². The first-order chi connectivity index (χ1) is 8.28. The van der Waals surface area contributed by atoms with Gasteiger partial charge in [-0.3, -0.25) is 0 Å². The van der Waals surface area contributed by atoms with Gasteiger partial charge < -0.3 is 19.7 Å². The molecular weight excluding hydrogens is 220 g/mol. The van der Waals surface area contributed by atoms with E-state index in [0.717, 1.165) is 18.9 Å². The summed E-state index contributed by atoms with van der Waals surface area (Å²) in [6.07, 6.45) is 1.53. The molecule has 0 fully saturated rings. The van der Waals surface area contributed by atoms with E-state index in [2.05, 4.69) is 27.1 Å². The molecule has 1 aromatic heterocycles. The maximum atomic E-state index is 5.36.